The van der Waals surface area contributed by atoms with E-state index in [1.54, 1.807) is 25.2 Å². The number of carbonyl (C=O) groups excluding carboxylic acids is 1. The van der Waals surface area contributed by atoms with Gasteiger partial charge in [-0.3, -0.25) is 4.79 Å². The Labute approximate surface area is 131 Å². The average molecular weight is 369 g/mol. The van der Waals surface area contributed by atoms with Gasteiger partial charge in [0.1, 0.15) is 0 Å². The van der Waals surface area contributed by atoms with Crippen molar-refractivity contribution in [1.82, 2.24) is 0 Å². The summed E-state index contributed by atoms with van der Waals surface area (Å²) in [5, 5.41) is 5.04. The standard InChI is InChI=1S/C14H13BrN2O3S/c1-17(14(18)12-4-2-3-5-13(12)15)10-6-8-11(9-7-10)21(16,19)20/h2-9H,1H3,(H2,16,19,20). The second kappa shape index (κ2) is 5.97. The SMILES string of the molecule is CN(C(=O)c1ccccc1Br)c1ccc(S(N)(=O)=O)cc1. The molecule has 110 valence electrons. The predicted molar refractivity (Wildman–Crippen MR) is 84.7 cm³/mol. The van der Waals surface area contributed by atoms with E-state index in [4.69, 9.17) is 5.14 Å². The number of sulfonamides is 1. The minimum Gasteiger partial charge on any atom is -0.311 e. The molecule has 5 nitrogen and oxygen atoms in total. The van der Waals surface area contributed by atoms with Crippen molar-refractivity contribution < 1.29 is 13.2 Å². The number of primary sulfonamides is 1. The maximum atomic E-state index is 12.4. The summed E-state index contributed by atoms with van der Waals surface area (Å²) in [7, 11) is -2.12. The van der Waals surface area contributed by atoms with Crippen molar-refractivity contribution in [1.29, 1.82) is 0 Å². The van der Waals surface area contributed by atoms with Gasteiger partial charge in [-0.2, -0.15) is 0 Å². The molecule has 0 spiro atoms. The van der Waals surface area contributed by atoms with Crippen LogP contribution in [-0.4, -0.2) is 21.4 Å². The lowest BCUT2D eigenvalue weighted by molar-refractivity contribution is 0.0992. The molecule has 0 unspecified atom stereocenters. The molecule has 2 N–H and O–H groups in total. The lowest BCUT2D eigenvalue weighted by Crippen LogP contribution is -2.26. The molecule has 0 heterocycles. The maximum Gasteiger partial charge on any atom is 0.259 e. The molecule has 2 aromatic rings. The normalized spacial score (nSPS) is 11.2. The van der Waals surface area contributed by atoms with Crippen molar-refractivity contribution in [2.75, 3.05) is 11.9 Å². The zero-order chi connectivity index (χ0) is 15.6. The van der Waals surface area contributed by atoms with Crippen molar-refractivity contribution in [2.45, 2.75) is 4.90 Å². The van der Waals surface area contributed by atoms with E-state index in [9.17, 15) is 13.2 Å². The molecule has 0 radical (unpaired) electrons. The van der Waals surface area contributed by atoms with Crippen LogP contribution in [0.3, 0.4) is 0 Å². The van der Waals surface area contributed by atoms with Gasteiger partial charge in [-0.05, 0) is 52.3 Å². The fourth-order valence-corrected chi connectivity index (χ4v) is 2.76. The van der Waals surface area contributed by atoms with Gasteiger partial charge in [-0.1, -0.05) is 12.1 Å². The lowest BCUT2D eigenvalue weighted by atomic mass is 10.2. The van der Waals surface area contributed by atoms with Gasteiger partial charge in [0.15, 0.2) is 0 Å². The first-order valence-electron chi connectivity index (χ1n) is 5.96. The van der Waals surface area contributed by atoms with Gasteiger partial charge in [0.2, 0.25) is 10.0 Å². The summed E-state index contributed by atoms with van der Waals surface area (Å²) in [5.41, 5.74) is 1.10. The molecule has 0 bridgehead atoms. The fourth-order valence-electron chi connectivity index (χ4n) is 1.79. The van der Waals surface area contributed by atoms with Crippen molar-refractivity contribution in [3.05, 3.63) is 58.6 Å². The van der Waals surface area contributed by atoms with Gasteiger partial charge in [0, 0.05) is 17.2 Å². The first kappa shape index (κ1) is 15.7. The first-order chi connectivity index (χ1) is 9.80. The molecular weight excluding hydrogens is 356 g/mol. The summed E-state index contributed by atoms with van der Waals surface area (Å²) in [5.74, 6) is -0.203. The van der Waals surface area contributed by atoms with Crippen molar-refractivity contribution >= 4 is 37.5 Å². The topological polar surface area (TPSA) is 80.5 Å². The summed E-state index contributed by atoms with van der Waals surface area (Å²) in [6.07, 6.45) is 0. The minimum atomic E-state index is -3.74. The van der Waals surface area contributed by atoms with Crippen LogP contribution in [0.2, 0.25) is 0 Å². The van der Waals surface area contributed by atoms with E-state index in [2.05, 4.69) is 15.9 Å². The molecule has 2 aromatic carbocycles. The number of benzene rings is 2. The zero-order valence-corrected chi connectivity index (χ0v) is 13.6. The van der Waals surface area contributed by atoms with E-state index in [1.807, 2.05) is 6.07 Å². The third-order valence-corrected chi connectivity index (χ3v) is 4.58. The van der Waals surface area contributed by atoms with Gasteiger partial charge in [0.25, 0.3) is 5.91 Å². The van der Waals surface area contributed by atoms with Crippen molar-refractivity contribution in [3.8, 4) is 0 Å². The van der Waals surface area contributed by atoms with E-state index < -0.39 is 10.0 Å². The van der Waals surface area contributed by atoms with Crippen LogP contribution in [-0.2, 0) is 10.0 Å². The summed E-state index contributed by atoms with van der Waals surface area (Å²) in [4.78, 5) is 13.8. The lowest BCUT2D eigenvalue weighted by Gasteiger charge is -2.18. The number of nitrogens with zero attached hydrogens (tertiary/aromatic N) is 1. The third-order valence-electron chi connectivity index (χ3n) is 2.96. The van der Waals surface area contributed by atoms with Gasteiger partial charge < -0.3 is 4.90 Å². The Kier molecular flexibility index (Phi) is 4.46. The fraction of sp³-hybridized carbons (Fsp3) is 0.0714. The Bertz CT molecular complexity index is 773. The molecule has 0 saturated carbocycles. The summed E-state index contributed by atoms with van der Waals surface area (Å²) < 4.78 is 23.1. The molecule has 0 aliphatic carbocycles. The van der Waals surface area contributed by atoms with Gasteiger partial charge in [-0.25, -0.2) is 13.6 Å². The second-order valence-corrected chi connectivity index (χ2v) is 6.80. The van der Waals surface area contributed by atoms with E-state index in [1.165, 1.54) is 29.2 Å². The monoisotopic (exact) mass is 368 g/mol. The van der Waals surface area contributed by atoms with Gasteiger partial charge >= 0.3 is 0 Å². The number of rotatable bonds is 3. The number of nitrogens with two attached hydrogens (primary N) is 1. The van der Waals surface area contributed by atoms with Crippen LogP contribution >= 0.6 is 15.9 Å². The number of amides is 1. The Morgan fingerprint density at radius 2 is 1.67 bits per heavy atom. The summed E-state index contributed by atoms with van der Waals surface area (Å²) in [6.45, 7) is 0. The van der Waals surface area contributed by atoms with Gasteiger partial charge in [0.05, 0.1) is 10.5 Å². The summed E-state index contributed by atoms with van der Waals surface area (Å²) >= 11 is 3.33. The minimum absolute atomic E-state index is 0.00740. The van der Waals surface area contributed by atoms with Crippen LogP contribution < -0.4 is 10.0 Å². The molecule has 0 atom stereocenters. The van der Waals surface area contributed by atoms with Crippen LogP contribution in [0, 0.1) is 0 Å². The Hall–Kier alpha value is -1.70. The third kappa shape index (κ3) is 3.49. The largest absolute Gasteiger partial charge is 0.311 e. The van der Waals surface area contributed by atoms with E-state index in [-0.39, 0.29) is 10.8 Å². The molecule has 0 aromatic heterocycles. The maximum absolute atomic E-state index is 12.4. The molecule has 21 heavy (non-hydrogen) atoms. The highest BCUT2D eigenvalue weighted by Crippen LogP contribution is 2.22. The van der Waals surface area contributed by atoms with Crippen molar-refractivity contribution in [3.63, 3.8) is 0 Å². The second-order valence-electron chi connectivity index (χ2n) is 4.38. The molecule has 0 aliphatic heterocycles. The Morgan fingerprint density at radius 3 is 2.19 bits per heavy atom. The molecule has 0 aliphatic rings. The highest BCUT2D eigenvalue weighted by Gasteiger charge is 2.16. The number of carbonyl (C=O) groups is 1. The average Bonchev–Trinajstić information content (AvgIpc) is 2.45. The Balaban J connectivity index is 2.30. The smallest absolute Gasteiger partial charge is 0.259 e. The molecule has 0 fully saturated rings. The van der Waals surface area contributed by atoms with E-state index in [0.29, 0.717) is 15.7 Å². The van der Waals surface area contributed by atoms with E-state index in [0.717, 1.165) is 0 Å². The Morgan fingerprint density at radius 1 is 1.10 bits per heavy atom. The summed E-state index contributed by atoms with van der Waals surface area (Å²) in [6, 6.07) is 12.9. The van der Waals surface area contributed by atoms with Crippen LogP contribution in [0.1, 0.15) is 10.4 Å². The van der Waals surface area contributed by atoms with Crippen LogP contribution in [0.25, 0.3) is 0 Å². The molecule has 2 rings (SSSR count). The molecular formula is C14H13BrN2O3S. The van der Waals surface area contributed by atoms with Crippen LogP contribution in [0.4, 0.5) is 5.69 Å². The first-order valence-corrected chi connectivity index (χ1v) is 8.30. The zero-order valence-electron chi connectivity index (χ0n) is 11.2. The molecule has 7 heteroatoms. The number of anilines is 1. The van der Waals surface area contributed by atoms with Crippen molar-refractivity contribution in [2.24, 2.45) is 5.14 Å². The van der Waals surface area contributed by atoms with Gasteiger partial charge in [-0.15, -0.1) is 0 Å². The highest BCUT2D eigenvalue weighted by atomic mass is 79.9. The number of hydrogen-bond donors (Lipinski definition) is 1. The predicted octanol–water partition coefficient (Wildman–Crippen LogP) is 2.37. The van der Waals surface area contributed by atoms with Crippen LogP contribution in [0.15, 0.2) is 57.9 Å². The van der Waals surface area contributed by atoms with E-state index >= 15 is 0 Å². The molecule has 0 saturated heterocycles. The number of halogens is 1. The van der Waals surface area contributed by atoms with Crippen LogP contribution in [0.5, 0.6) is 0 Å². The quantitative estimate of drug-likeness (QED) is 0.902. The molecule has 1 amide bonds. The highest BCUT2D eigenvalue weighted by molar-refractivity contribution is 9.10. The number of hydrogen-bond acceptors (Lipinski definition) is 3.